The number of aliphatic carboxylic acids is 1. The summed E-state index contributed by atoms with van der Waals surface area (Å²) in [5, 5.41) is 14.3. The number of nitrogens with one attached hydrogen (secondary N) is 2. The van der Waals surface area contributed by atoms with E-state index in [1.807, 2.05) is 0 Å². The van der Waals surface area contributed by atoms with Crippen LogP contribution in [0.5, 0.6) is 0 Å². The van der Waals surface area contributed by atoms with Gasteiger partial charge >= 0.3 is 12.0 Å². The van der Waals surface area contributed by atoms with Crippen LogP contribution in [0.25, 0.3) is 0 Å². The number of carbonyl (C=O) groups is 3. The molecule has 130 valence electrons. The molecule has 0 aromatic rings. The predicted octanol–water partition coefficient (Wildman–Crippen LogP) is 0.320. The van der Waals surface area contributed by atoms with E-state index in [2.05, 4.69) is 10.6 Å². The van der Waals surface area contributed by atoms with Crippen LogP contribution in [0.3, 0.4) is 0 Å². The lowest BCUT2D eigenvalue weighted by Gasteiger charge is -2.35. The van der Waals surface area contributed by atoms with Crippen LogP contribution in [0.4, 0.5) is 4.79 Å². The molecule has 2 fully saturated rings. The maximum atomic E-state index is 12.2. The van der Waals surface area contributed by atoms with Crippen molar-refractivity contribution in [1.29, 1.82) is 0 Å². The molecule has 0 aromatic carbocycles. The molecule has 3 N–H and O–H groups in total. The number of hydrogen-bond acceptors (Lipinski definition) is 4. The SMILES string of the molecule is O=C(O)CC1COCCN1C(=O)CNC(=O)NC1CCCCC1. The molecule has 8 nitrogen and oxygen atoms in total. The highest BCUT2D eigenvalue weighted by molar-refractivity contribution is 5.84. The first-order chi connectivity index (χ1) is 11.1. The number of amides is 3. The summed E-state index contributed by atoms with van der Waals surface area (Å²) in [5.41, 5.74) is 0. The van der Waals surface area contributed by atoms with Gasteiger partial charge in [0.1, 0.15) is 0 Å². The van der Waals surface area contributed by atoms with Crippen molar-refractivity contribution in [3.63, 3.8) is 0 Å². The van der Waals surface area contributed by atoms with Gasteiger partial charge in [-0.3, -0.25) is 9.59 Å². The molecule has 0 bridgehead atoms. The van der Waals surface area contributed by atoms with E-state index in [9.17, 15) is 14.4 Å². The molecule has 0 radical (unpaired) electrons. The van der Waals surface area contributed by atoms with Gasteiger partial charge in [-0.25, -0.2) is 4.79 Å². The zero-order valence-electron chi connectivity index (χ0n) is 13.3. The highest BCUT2D eigenvalue weighted by Gasteiger charge is 2.29. The molecule has 1 saturated carbocycles. The highest BCUT2D eigenvalue weighted by Crippen LogP contribution is 2.17. The first-order valence-corrected chi connectivity index (χ1v) is 8.19. The van der Waals surface area contributed by atoms with Crippen LogP contribution >= 0.6 is 0 Å². The minimum atomic E-state index is -0.971. The van der Waals surface area contributed by atoms with E-state index in [4.69, 9.17) is 9.84 Å². The smallest absolute Gasteiger partial charge is 0.315 e. The molecular formula is C15H25N3O5. The Morgan fingerprint density at radius 1 is 1.17 bits per heavy atom. The second-order valence-corrected chi connectivity index (χ2v) is 6.08. The first kappa shape index (κ1) is 17.5. The van der Waals surface area contributed by atoms with Crippen LogP contribution in [0.1, 0.15) is 38.5 Å². The molecule has 1 heterocycles. The standard InChI is InChI=1S/C15H25N3O5/c19-13(18-6-7-23-10-12(18)8-14(20)21)9-16-15(22)17-11-4-2-1-3-5-11/h11-12H,1-10H2,(H,20,21)(H2,16,17,22). The van der Waals surface area contributed by atoms with Gasteiger partial charge < -0.3 is 25.4 Å². The number of nitrogens with zero attached hydrogens (tertiary/aromatic N) is 1. The fourth-order valence-electron chi connectivity index (χ4n) is 3.09. The summed E-state index contributed by atoms with van der Waals surface area (Å²) in [6.07, 6.45) is 5.25. The second-order valence-electron chi connectivity index (χ2n) is 6.08. The number of carboxylic acids is 1. The van der Waals surface area contributed by atoms with Crippen LogP contribution in [-0.4, -0.2) is 66.3 Å². The number of carboxylic acid groups (broad SMARTS) is 1. The summed E-state index contributed by atoms with van der Waals surface area (Å²) in [4.78, 5) is 36.4. The van der Waals surface area contributed by atoms with E-state index < -0.39 is 12.0 Å². The topological polar surface area (TPSA) is 108 Å². The Bertz CT molecular complexity index is 437. The van der Waals surface area contributed by atoms with E-state index in [1.165, 1.54) is 11.3 Å². The zero-order chi connectivity index (χ0) is 16.7. The maximum Gasteiger partial charge on any atom is 0.315 e. The number of carbonyl (C=O) groups excluding carboxylic acids is 2. The van der Waals surface area contributed by atoms with E-state index >= 15 is 0 Å². The number of rotatable bonds is 5. The predicted molar refractivity (Wildman–Crippen MR) is 82.0 cm³/mol. The van der Waals surface area contributed by atoms with Gasteiger partial charge in [0.05, 0.1) is 32.2 Å². The van der Waals surface area contributed by atoms with Crippen molar-refractivity contribution in [3.05, 3.63) is 0 Å². The monoisotopic (exact) mass is 327 g/mol. The van der Waals surface area contributed by atoms with E-state index in [0.717, 1.165) is 25.7 Å². The molecular weight excluding hydrogens is 302 g/mol. The molecule has 23 heavy (non-hydrogen) atoms. The van der Waals surface area contributed by atoms with Gasteiger partial charge in [-0.1, -0.05) is 19.3 Å². The molecule has 1 unspecified atom stereocenters. The third-order valence-electron chi connectivity index (χ3n) is 4.30. The fraction of sp³-hybridized carbons (Fsp3) is 0.800. The van der Waals surface area contributed by atoms with Crippen LogP contribution in [0, 0.1) is 0 Å². The molecule has 0 aromatic heterocycles. The van der Waals surface area contributed by atoms with Gasteiger partial charge in [0.2, 0.25) is 5.91 Å². The Labute approximate surface area is 135 Å². The van der Waals surface area contributed by atoms with E-state index in [0.29, 0.717) is 13.2 Å². The molecule has 3 amide bonds. The Balaban J connectivity index is 1.75. The third kappa shape index (κ3) is 5.70. The van der Waals surface area contributed by atoms with E-state index in [-0.39, 0.29) is 37.6 Å². The molecule has 8 heteroatoms. The zero-order valence-corrected chi connectivity index (χ0v) is 13.3. The lowest BCUT2D eigenvalue weighted by molar-refractivity contribution is -0.145. The van der Waals surface area contributed by atoms with Crippen LogP contribution < -0.4 is 10.6 Å². The molecule has 2 aliphatic rings. The Morgan fingerprint density at radius 2 is 1.91 bits per heavy atom. The highest BCUT2D eigenvalue weighted by atomic mass is 16.5. The molecule has 1 atom stereocenters. The van der Waals surface area contributed by atoms with Crippen LogP contribution in [0.15, 0.2) is 0 Å². The summed E-state index contributed by atoms with van der Waals surface area (Å²) in [6.45, 7) is 0.819. The van der Waals surface area contributed by atoms with Crippen LogP contribution in [-0.2, 0) is 14.3 Å². The first-order valence-electron chi connectivity index (χ1n) is 8.19. The largest absolute Gasteiger partial charge is 0.481 e. The molecule has 1 aliphatic carbocycles. The summed E-state index contributed by atoms with van der Waals surface area (Å²) in [6, 6.07) is -0.632. The van der Waals surface area contributed by atoms with Gasteiger partial charge in [-0.2, -0.15) is 0 Å². The minimum absolute atomic E-state index is 0.130. The van der Waals surface area contributed by atoms with E-state index in [1.54, 1.807) is 0 Å². The molecule has 2 rings (SSSR count). The van der Waals surface area contributed by atoms with Crippen molar-refractivity contribution in [2.24, 2.45) is 0 Å². The van der Waals surface area contributed by atoms with Crippen molar-refractivity contribution in [1.82, 2.24) is 15.5 Å². The number of urea groups is 1. The summed E-state index contributed by atoms with van der Waals surface area (Å²) >= 11 is 0. The summed E-state index contributed by atoms with van der Waals surface area (Å²) < 4.78 is 5.23. The van der Waals surface area contributed by atoms with Crippen molar-refractivity contribution >= 4 is 17.9 Å². The average Bonchev–Trinajstić information content (AvgIpc) is 2.53. The lowest BCUT2D eigenvalue weighted by atomic mass is 9.96. The normalized spacial score (nSPS) is 22.4. The van der Waals surface area contributed by atoms with Gasteiger partial charge in [-0.05, 0) is 12.8 Å². The van der Waals surface area contributed by atoms with Crippen molar-refractivity contribution in [3.8, 4) is 0 Å². The molecule has 1 saturated heterocycles. The maximum absolute atomic E-state index is 12.2. The Hall–Kier alpha value is -1.83. The number of ether oxygens (including phenoxy) is 1. The lowest BCUT2D eigenvalue weighted by Crippen LogP contribution is -2.53. The average molecular weight is 327 g/mol. The Morgan fingerprint density at radius 3 is 2.61 bits per heavy atom. The number of hydrogen-bond donors (Lipinski definition) is 3. The van der Waals surface area contributed by atoms with Crippen molar-refractivity contribution in [2.75, 3.05) is 26.3 Å². The van der Waals surface area contributed by atoms with Gasteiger partial charge in [0.15, 0.2) is 0 Å². The second kappa shape index (κ2) is 8.71. The molecule has 0 spiro atoms. The van der Waals surface area contributed by atoms with Crippen molar-refractivity contribution < 1.29 is 24.2 Å². The van der Waals surface area contributed by atoms with Crippen LogP contribution in [0.2, 0.25) is 0 Å². The van der Waals surface area contributed by atoms with Crippen molar-refractivity contribution in [2.45, 2.75) is 50.6 Å². The quantitative estimate of drug-likeness (QED) is 0.674. The summed E-state index contributed by atoms with van der Waals surface area (Å²) in [7, 11) is 0. The van der Waals surface area contributed by atoms with Gasteiger partial charge in [0, 0.05) is 12.6 Å². The number of morpholine rings is 1. The van der Waals surface area contributed by atoms with Gasteiger partial charge in [-0.15, -0.1) is 0 Å². The fourth-order valence-corrected chi connectivity index (χ4v) is 3.09. The Kier molecular flexibility index (Phi) is 6.64. The van der Waals surface area contributed by atoms with Gasteiger partial charge in [0.25, 0.3) is 0 Å². The third-order valence-corrected chi connectivity index (χ3v) is 4.30. The summed E-state index contributed by atoms with van der Waals surface area (Å²) in [5.74, 6) is -1.25. The minimum Gasteiger partial charge on any atom is -0.481 e. The molecule has 1 aliphatic heterocycles.